The molecule has 2 atom stereocenters. The van der Waals surface area contributed by atoms with E-state index in [2.05, 4.69) is 17.3 Å². The number of benzene rings is 1. The zero-order valence-electron chi connectivity index (χ0n) is 10.3. The zero-order chi connectivity index (χ0) is 11.8. The fourth-order valence-corrected chi connectivity index (χ4v) is 3.34. The molecule has 2 aliphatic rings. The number of para-hydroxylation sites is 2. The van der Waals surface area contributed by atoms with Crippen LogP contribution in [0.3, 0.4) is 0 Å². The molecule has 2 saturated heterocycles. The van der Waals surface area contributed by atoms with Gasteiger partial charge >= 0.3 is 0 Å². The van der Waals surface area contributed by atoms with Crippen LogP contribution < -0.4 is 5.32 Å². The van der Waals surface area contributed by atoms with Gasteiger partial charge in [-0.25, -0.2) is 0 Å². The van der Waals surface area contributed by atoms with Gasteiger partial charge in [-0.15, -0.1) is 0 Å². The Morgan fingerprint density at radius 3 is 2.47 bits per heavy atom. The zero-order valence-corrected chi connectivity index (χ0v) is 10.3. The van der Waals surface area contributed by atoms with E-state index in [-0.39, 0.29) is 0 Å². The number of piperidine rings is 1. The van der Waals surface area contributed by atoms with E-state index in [1.807, 2.05) is 18.2 Å². The van der Waals surface area contributed by atoms with Crippen molar-refractivity contribution in [1.29, 1.82) is 0 Å². The van der Waals surface area contributed by atoms with Crippen molar-refractivity contribution in [2.75, 3.05) is 12.4 Å². The van der Waals surface area contributed by atoms with Gasteiger partial charge in [-0.3, -0.25) is 0 Å². The maximum absolute atomic E-state index is 9.77. The second kappa shape index (κ2) is 4.22. The third-order valence-electron chi connectivity index (χ3n) is 4.36. The molecule has 0 aromatic heterocycles. The lowest BCUT2D eigenvalue weighted by Gasteiger charge is -2.37. The molecule has 3 heteroatoms. The highest BCUT2D eigenvalue weighted by Crippen LogP contribution is 2.36. The largest absolute Gasteiger partial charge is 0.506 e. The summed E-state index contributed by atoms with van der Waals surface area (Å²) in [6, 6.07) is 9.50. The topological polar surface area (TPSA) is 35.5 Å². The van der Waals surface area contributed by atoms with Crippen molar-refractivity contribution in [3.8, 4) is 5.75 Å². The third-order valence-corrected chi connectivity index (χ3v) is 4.36. The molecule has 0 spiro atoms. The van der Waals surface area contributed by atoms with Gasteiger partial charge in [-0.05, 0) is 44.9 Å². The van der Waals surface area contributed by atoms with Gasteiger partial charge in [0.1, 0.15) is 5.75 Å². The molecule has 2 heterocycles. The van der Waals surface area contributed by atoms with Crippen molar-refractivity contribution in [2.24, 2.45) is 0 Å². The van der Waals surface area contributed by atoms with Crippen LogP contribution in [-0.4, -0.2) is 35.2 Å². The lowest BCUT2D eigenvalue weighted by atomic mass is 9.97. The Morgan fingerprint density at radius 2 is 1.82 bits per heavy atom. The molecular weight excluding hydrogens is 212 g/mol. The molecule has 17 heavy (non-hydrogen) atoms. The maximum atomic E-state index is 9.77. The second-order valence-corrected chi connectivity index (χ2v) is 5.38. The highest BCUT2D eigenvalue weighted by molar-refractivity contribution is 5.55. The van der Waals surface area contributed by atoms with Crippen molar-refractivity contribution in [1.82, 2.24) is 4.90 Å². The summed E-state index contributed by atoms with van der Waals surface area (Å²) in [5.41, 5.74) is 0.876. The van der Waals surface area contributed by atoms with Gasteiger partial charge in [-0.1, -0.05) is 12.1 Å². The highest BCUT2D eigenvalue weighted by Gasteiger charge is 2.38. The number of hydrogen-bond donors (Lipinski definition) is 2. The molecule has 1 aromatic carbocycles. The van der Waals surface area contributed by atoms with Gasteiger partial charge < -0.3 is 15.3 Å². The second-order valence-electron chi connectivity index (χ2n) is 5.38. The van der Waals surface area contributed by atoms with E-state index in [1.54, 1.807) is 6.07 Å². The quantitative estimate of drug-likeness (QED) is 0.769. The Morgan fingerprint density at radius 1 is 1.18 bits per heavy atom. The van der Waals surface area contributed by atoms with Crippen molar-refractivity contribution in [2.45, 2.75) is 43.8 Å². The number of anilines is 1. The number of nitrogens with one attached hydrogen (secondary N) is 1. The molecule has 2 bridgehead atoms. The fourth-order valence-electron chi connectivity index (χ4n) is 3.34. The van der Waals surface area contributed by atoms with E-state index in [9.17, 15) is 5.11 Å². The summed E-state index contributed by atoms with van der Waals surface area (Å²) < 4.78 is 0. The van der Waals surface area contributed by atoms with E-state index in [1.165, 1.54) is 25.7 Å². The predicted molar refractivity (Wildman–Crippen MR) is 69.3 cm³/mol. The number of hydrogen-bond acceptors (Lipinski definition) is 3. The minimum atomic E-state index is 0.360. The van der Waals surface area contributed by atoms with Gasteiger partial charge in [0.05, 0.1) is 5.69 Å². The van der Waals surface area contributed by atoms with Gasteiger partial charge in [-0.2, -0.15) is 0 Å². The molecule has 3 nitrogen and oxygen atoms in total. The smallest absolute Gasteiger partial charge is 0.138 e. The summed E-state index contributed by atoms with van der Waals surface area (Å²) in [4.78, 5) is 2.53. The highest BCUT2D eigenvalue weighted by atomic mass is 16.3. The summed E-state index contributed by atoms with van der Waals surface area (Å²) in [6.07, 6.45) is 5.06. The number of nitrogens with zero attached hydrogens (tertiary/aromatic N) is 1. The number of phenolic OH excluding ortho intramolecular Hbond substituents is 1. The first kappa shape index (κ1) is 10.9. The first-order chi connectivity index (χ1) is 8.24. The fraction of sp³-hybridized carbons (Fsp3) is 0.571. The van der Waals surface area contributed by atoms with Gasteiger partial charge in [0.25, 0.3) is 0 Å². The molecular formula is C14H20N2O. The molecule has 3 rings (SSSR count). The molecule has 0 aliphatic carbocycles. The van der Waals surface area contributed by atoms with E-state index in [0.29, 0.717) is 11.8 Å². The number of phenols is 1. The summed E-state index contributed by atoms with van der Waals surface area (Å²) >= 11 is 0. The van der Waals surface area contributed by atoms with Crippen LogP contribution in [0.2, 0.25) is 0 Å². The van der Waals surface area contributed by atoms with Gasteiger partial charge in [0, 0.05) is 18.1 Å². The lowest BCUT2D eigenvalue weighted by molar-refractivity contribution is 0.169. The molecule has 92 valence electrons. The van der Waals surface area contributed by atoms with E-state index in [0.717, 1.165) is 17.8 Å². The van der Waals surface area contributed by atoms with Crippen molar-refractivity contribution >= 4 is 5.69 Å². The average Bonchev–Trinajstić information content (AvgIpc) is 2.55. The van der Waals surface area contributed by atoms with Crippen molar-refractivity contribution in [3.63, 3.8) is 0 Å². The predicted octanol–water partition coefficient (Wildman–Crippen LogP) is 2.43. The van der Waals surface area contributed by atoms with Crippen LogP contribution in [0, 0.1) is 0 Å². The molecule has 0 radical (unpaired) electrons. The van der Waals surface area contributed by atoms with Crippen LogP contribution in [0.5, 0.6) is 5.75 Å². The molecule has 0 amide bonds. The van der Waals surface area contributed by atoms with Crippen LogP contribution in [-0.2, 0) is 0 Å². The minimum absolute atomic E-state index is 0.360. The van der Waals surface area contributed by atoms with Crippen LogP contribution in [0.4, 0.5) is 5.69 Å². The van der Waals surface area contributed by atoms with E-state index in [4.69, 9.17) is 0 Å². The molecule has 2 N–H and O–H groups in total. The van der Waals surface area contributed by atoms with Crippen LogP contribution in [0.25, 0.3) is 0 Å². The number of aromatic hydroxyl groups is 1. The SMILES string of the molecule is CN1C2CCC1CC(Nc1ccccc1O)C2. The molecule has 0 saturated carbocycles. The first-order valence-electron chi connectivity index (χ1n) is 6.50. The van der Waals surface area contributed by atoms with E-state index < -0.39 is 0 Å². The Hall–Kier alpha value is -1.22. The minimum Gasteiger partial charge on any atom is -0.506 e. The summed E-state index contributed by atoms with van der Waals surface area (Å²) in [6.45, 7) is 0. The average molecular weight is 232 g/mol. The standard InChI is InChI=1S/C14H20N2O/c1-16-11-6-7-12(16)9-10(8-11)15-13-4-2-3-5-14(13)17/h2-5,10-12,15,17H,6-9H2,1H3. The van der Waals surface area contributed by atoms with Crippen LogP contribution in [0.1, 0.15) is 25.7 Å². The Kier molecular flexibility index (Phi) is 2.71. The lowest BCUT2D eigenvalue weighted by Crippen LogP contribution is -2.44. The summed E-state index contributed by atoms with van der Waals surface area (Å²) in [5.74, 6) is 0.360. The van der Waals surface area contributed by atoms with E-state index >= 15 is 0 Å². The Labute approximate surface area is 102 Å². The third kappa shape index (κ3) is 2.00. The molecule has 1 aromatic rings. The summed E-state index contributed by atoms with van der Waals surface area (Å²) in [5, 5.41) is 13.3. The molecule has 2 aliphatic heterocycles. The van der Waals surface area contributed by atoms with Crippen molar-refractivity contribution in [3.05, 3.63) is 24.3 Å². The molecule has 2 fully saturated rings. The normalized spacial score (nSPS) is 32.6. The van der Waals surface area contributed by atoms with Gasteiger partial charge in [0.2, 0.25) is 0 Å². The Balaban J connectivity index is 1.70. The maximum Gasteiger partial charge on any atom is 0.138 e. The van der Waals surface area contributed by atoms with Crippen molar-refractivity contribution < 1.29 is 5.11 Å². The number of rotatable bonds is 2. The monoisotopic (exact) mass is 232 g/mol. The van der Waals surface area contributed by atoms with Crippen LogP contribution >= 0.6 is 0 Å². The van der Waals surface area contributed by atoms with Crippen LogP contribution in [0.15, 0.2) is 24.3 Å². The first-order valence-corrected chi connectivity index (χ1v) is 6.50. The van der Waals surface area contributed by atoms with Gasteiger partial charge in [0.15, 0.2) is 0 Å². The summed E-state index contributed by atoms with van der Waals surface area (Å²) in [7, 11) is 2.25. The molecule has 2 unspecified atom stereocenters. The Bertz CT molecular complexity index is 393. The number of fused-ring (bicyclic) bond motifs is 2.